The molecule has 1 aliphatic heterocycles. The second kappa shape index (κ2) is 6.37. The van der Waals surface area contributed by atoms with Crippen LogP contribution >= 0.6 is 11.6 Å². The number of hydrogen-bond acceptors (Lipinski definition) is 2. The molecule has 1 unspecified atom stereocenters. The summed E-state index contributed by atoms with van der Waals surface area (Å²) in [5, 5.41) is -0.142. The predicted molar refractivity (Wildman–Crippen MR) is 78.3 cm³/mol. The maximum atomic E-state index is 13.2. The zero-order valence-electron chi connectivity index (χ0n) is 12.0. The maximum Gasteiger partial charge on any atom is 0.417 e. The molecule has 3 nitrogen and oxygen atoms in total. The van der Waals surface area contributed by atoms with Crippen LogP contribution in [0, 0.1) is 0 Å². The van der Waals surface area contributed by atoms with Crippen molar-refractivity contribution in [2.24, 2.45) is 0 Å². The summed E-state index contributed by atoms with van der Waals surface area (Å²) in [7, 11) is -4.20. The van der Waals surface area contributed by atoms with Crippen LogP contribution in [-0.4, -0.2) is 25.3 Å². The van der Waals surface area contributed by atoms with E-state index in [2.05, 4.69) is 0 Å². The van der Waals surface area contributed by atoms with Gasteiger partial charge in [-0.05, 0) is 37.5 Å². The Morgan fingerprint density at radius 3 is 2.59 bits per heavy atom. The molecular formula is C14H17ClF3NO2S. The minimum atomic E-state index is -4.77. The number of nitrogens with zero attached hydrogens (tertiary/aromatic N) is 1. The summed E-state index contributed by atoms with van der Waals surface area (Å²) in [4.78, 5) is -0.718. The Morgan fingerprint density at radius 1 is 1.32 bits per heavy atom. The third-order valence-corrected chi connectivity index (χ3v) is 6.12. The van der Waals surface area contributed by atoms with Crippen LogP contribution in [0.4, 0.5) is 13.2 Å². The molecule has 0 radical (unpaired) electrons. The van der Waals surface area contributed by atoms with Crippen LogP contribution in [0.3, 0.4) is 0 Å². The van der Waals surface area contributed by atoms with Crippen molar-refractivity contribution in [2.45, 2.75) is 49.7 Å². The lowest BCUT2D eigenvalue weighted by molar-refractivity contribution is -0.139. The summed E-state index contributed by atoms with van der Waals surface area (Å²) in [5.74, 6) is 0. The number of rotatable bonds is 3. The average molecular weight is 356 g/mol. The molecule has 1 aromatic rings. The zero-order chi connectivity index (χ0) is 16.5. The summed E-state index contributed by atoms with van der Waals surface area (Å²) in [6, 6.07) is 2.53. The monoisotopic (exact) mass is 355 g/mol. The molecule has 0 aliphatic carbocycles. The van der Waals surface area contributed by atoms with Gasteiger partial charge in [0, 0.05) is 17.6 Å². The first-order valence-electron chi connectivity index (χ1n) is 7.06. The average Bonchev–Trinajstić information content (AvgIpc) is 2.46. The van der Waals surface area contributed by atoms with E-state index in [0.29, 0.717) is 25.3 Å². The highest BCUT2D eigenvalue weighted by Crippen LogP contribution is 2.38. The summed E-state index contributed by atoms with van der Waals surface area (Å²) in [5.41, 5.74) is -1.21. The van der Waals surface area contributed by atoms with E-state index < -0.39 is 26.7 Å². The van der Waals surface area contributed by atoms with E-state index in [0.717, 1.165) is 12.5 Å². The van der Waals surface area contributed by atoms with E-state index >= 15 is 0 Å². The number of benzene rings is 1. The van der Waals surface area contributed by atoms with Crippen LogP contribution in [0.15, 0.2) is 23.1 Å². The highest BCUT2D eigenvalue weighted by Gasteiger charge is 2.41. The fourth-order valence-electron chi connectivity index (χ4n) is 2.77. The minimum absolute atomic E-state index is 0.142. The Bertz CT molecular complexity index is 646. The molecule has 0 N–H and O–H groups in total. The molecule has 8 heteroatoms. The SMILES string of the molecule is CCC1CCCCN1S(=O)(=O)c1ccc(Cl)cc1C(F)(F)F. The first-order chi connectivity index (χ1) is 10.2. The van der Waals surface area contributed by atoms with Crippen LogP contribution in [0.1, 0.15) is 38.2 Å². The molecule has 124 valence electrons. The van der Waals surface area contributed by atoms with Crippen molar-refractivity contribution < 1.29 is 21.6 Å². The van der Waals surface area contributed by atoms with Gasteiger partial charge in [-0.1, -0.05) is 24.9 Å². The van der Waals surface area contributed by atoms with Gasteiger partial charge >= 0.3 is 6.18 Å². The molecule has 2 rings (SSSR count). The first kappa shape index (κ1) is 17.6. The highest BCUT2D eigenvalue weighted by molar-refractivity contribution is 7.89. The van der Waals surface area contributed by atoms with Gasteiger partial charge in [0.15, 0.2) is 0 Å². The van der Waals surface area contributed by atoms with Crippen molar-refractivity contribution in [1.82, 2.24) is 4.31 Å². The molecular weight excluding hydrogens is 339 g/mol. The van der Waals surface area contributed by atoms with Gasteiger partial charge in [-0.3, -0.25) is 0 Å². The van der Waals surface area contributed by atoms with E-state index in [-0.39, 0.29) is 17.6 Å². The Morgan fingerprint density at radius 2 is 2.00 bits per heavy atom. The van der Waals surface area contributed by atoms with Gasteiger partial charge in [0.25, 0.3) is 0 Å². The van der Waals surface area contributed by atoms with E-state index in [1.54, 1.807) is 0 Å². The van der Waals surface area contributed by atoms with Gasteiger partial charge in [0.1, 0.15) is 0 Å². The van der Waals surface area contributed by atoms with Crippen molar-refractivity contribution in [3.63, 3.8) is 0 Å². The third-order valence-electron chi connectivity index (χ3n) is 3.88. The molecule has 0 amide bonds. The predicted octanol–water partition coefficient (Wildman–Crippen LogP) is 4.31. The molecule has 0 saturated carbocycles. The fourth-order valence-corrected chi connectivity index (χ4v) is 4.91. The molecule has 1 saturated heterocycles. The Kier molecular flexibility index (Phi) is 5.09. The zero-order valence-corrected chi connectivity index (χ0v) is 13.6. The molecule has 0 spiro atoms. The number of alkyl halides is 3. The molecule has 0 aromatic heterocycles. The van der Waals surface area contributed by atoms with Crippen molar-refractivity contribution >= 4 is 21.6 Å². The van der Waals surface area contributed by atoms with Gasteiger partial charge < -0.3 is 0 Å². The molecule has 1 fully saturated rings. The van der Waals surface area contributed by atoms with Crippen LogP contribution in [0.5, 0.6) is 0 Å². The van der Waals surface area contributed by atoms with Gasteiger partial charge in [0.2, 0.25) is 10.0 Å². The van der Waals surface area contributed by atoms with Crippen molar-refractivity contribution in [2.75, 3.05) is 6.54 Å². The van der Waals surface area contributed by atoms with Gasteiger partial charge in [0.05, 0.1) is 10.5 Å². The number of hydrogen-bond donors (Lipinski definition) is 0. The number of sulfonamides is 1. The topological polar surface area (TPSA) is 37.4 Å². The van der Waals surface area contributed by atoms with Crippen LogP contribution in [0.25, 0.3) is 0 Å². The lowest BCUT2D eigenvalue weighted by atomic mass is 10.0. The number of piperidine rings is 1. The summed E-state index contributed by atoms with van der Waals surface area (Å²) in [6.45, 7) is 2.09. The lowest BCUT2D eigenvalue weighted by Crippen LogP contribution is -2.43. The van der Waals surface area contributed by atoms with Gasteiger partial charge in [-0.2, -0.15) is 17.5 Å². The first-order valence-corrected chi connectivity index (χ1v) is 8.88. The molecule has 1 aliphatic rings. The lowest BCUT2D eigenvalue weighted by Gasteiger charge is -2.34. The third kappa shape index (κ3) is 3.41. The molecule has 22 heavy (non-hydrogen) atoms. The summed E-state index contributed by atoms with van der Waals surface area (Å²) in [6.07, 6.45) is -1.98. The van der Waals surface area contributed by atoms with E-state index in [9.17, 15) is 21.6 Å². The fraction of sp³-hybridized carbons (Fsp3) is 0.571. The largest absolute Gasteiger partial charge is 0.417 e. The van der Waals surface area contributed by atoms with Crippen molar-refractivity contribution in [1.29, 1.82) is 0 Å². The van der Waals surface area contributed by atoms with E-state index in [4.69, 9.17) is 11.6 Å². The smallest absolute Gasteiger partial charge is 0.207 e. The number of halogens is 4. The van der Waals surface area contributed by atoms with Gasteiger partial charge in [-0.15, -0.1) is 0 Å². The van der Waals surface area contributed by atoms with Gasteiger partial charge in [-0.25, -0.2) is 8.42 Å². The van der Waals surface area contributed by atoms with Crippen molar-refractivity contribution in [3.05, 3.63) is 28.8 Å². The Labute approximate surface area is 133 Å². The standard InChI is InChI=1S/C14H17ClF3NO2S/c1-2-11-5-3-4-8-19(11)22(20,21)13-7-6-10(15)9-12(13)14(16,17)18/h6-7,9,11H,2-5,8H2,1H3. The Hall–Kier alpha value is -0.790. The van der Waals surface area contributed by atoms with Crippen molar-refractivity contribution in [3.8, 4) is 0 Å². The van der Waals surface area contributed by atoms with E-state index in [1.165, 1.54) is 10.4 Å². The Balaban J connectivity index is 2.54. The summed E-state index contributed by atoms with van der Waals surface area (Å²) >= 11 is 5.61. The second-order valence-corrected chi connectivity index (χ2v) is 7.61. The molecule has 1 heterocycles. The quantitative estimate of drug-likeness (QED) is 0.810. The summed E-state index contributed by atoms with van der Waals surface area (Å²) < 4.78 is 66.1. The molecule has 1 atom stereocenters. The second-order valence-electron chi connectivity index (χ2n) is 5.31. The highest BCUT2D eigenvalue weighted by atomic mass is 35.5. The van der Waals surface area contributed by atoms with Crippen LogP contribution < -0.4 is 0 Å². The van der Waals surface area contributed by atoms with Crippen LogP contribution in [0.2, 0.25) is 5.02 Å². The van der Waals surface area contributed by atoms with E-state index in [1.807, 2.05) is 6.92 Å². The minimum Gasteiger partial charge on any atom is -0.207 e. The normalized spacial score (nSPS) is 21.0. The van der Waals surface area contributed by atoms with Crippen LogP contribution in [-0.2, 0) is 16.2 Å². The maximum absolute atomic E-state index is 13.2. The molecule has 0 bridgehead atoms. The molecule has 1 aromatic carbocycles.